The Kier molecular flexibility index (Phi) is 4.44. The third-order valence-corrected chi connectivity index (χ3v) is 4.33. The highest BCUT2D eigenvalue weighted by Crippen LogP contribution is 2.14. The molecular weight excluding hydrogens is 289 g/mol. The van der Waals surface area contributed by atoms with Crippen LogP contribution in [-0.2, 0) is 13.0 Å². The van der Waals surface area contributed by atoms with Crippen molar-refractivity contribution in [3.63, 3.8) is 0 Å². The number of benzene rings is 1. The first-order valence-electron chi connectivity index (χ1n) is 7.91. The van der Waals surface area contributed by atoms with Crippen LogP contribution >= 0.6 is 0 Å². The van der Waals surface area contributed by atoms with Crippen LogP contribution in [0, 0.1) is 12.7 Å². The molecule has 1 unspecified atom stereocenters. The highest BCUT2D eigenvalue weighted by atomic mass is 19.1. The summed E-state index contributed by atoms with van der Waals surface area (Å²) in [5, 5.41) is 0. The van der Waals surface area contributed by atoms with Gasteiger partial charge >= 0.3 is 0 Å². The van der Waals surface area contributed by atoms with Crippen molar-refractivity contribution in [1.29, 1.82) is 0 Å². The largest absolute Gasteiger partial charge is 0.304 e. The summed E-state index contributed by atoms with van der Waals surface area (Å²) in [5.74, 6) is -0.173. The third kappa shape index (κ3) is 3.59. The van der Waals surface area contributed by atoms with Gasteiger partial charge in [-0.05, 0) is 57.1 Å². The second-order valence-corrected chi connectivity index (χ2v) is 6.23. The molecule has 0 fully saturated rings. The van der Waals surface area contributed by atoms with Gasteiger partial charge in [0.25, 0.3) is 0 Å². The maximum absolute atomic E-state index is 13.3. The average Bonchev–Trinajstić information content (AvgIpc) is 2.91. The highest BCUT2D eigenvalue weighted by molar-refractivity contribution is 5.41. The van der Waals surface area contributed by atoms with E-state index in [0.29, 0.717) is 6.04 Å². The molecule has 1 atom stereocenters. The first kappa shape index (κ1) is 15.7. The van der Waals surface area contributed by atoms with E-state index < -0.39 is 0 Å². The van der Waals surface area contributed by atoms with Crippen molar-refractivity contribution in [2.75, 3.05) is 7.05 Å². The molecule has 0 radical (unpaired) electrons. The van der Waals surface area contributed by atoms with Crippen molar-refractivity contribution in [2.24, 2.45) is 0 Å². The molecule has 2 heterocycles. The zero-order valence-corrected chi connectivity index (χ0v) is 13.8. The topological polar surface area (TPSA) is 20.5 Å². The van der Waals surface area contributed by atoms with Gasteiger partial charge in [-0.1, -0.05) is 18.2 Å². The number of rotatable bonds is 5. The zero-order chi connectivity index (χ0) is 16.4. The second-order valence-electron chi connectivity index (χ2n) is 6.23. The minimum Gasteiger partial charge on any atom is -0.304 e. The van der Waals surface area contributed by atoms with E-state index in [2.05, 4.69) is 47.4 Å². The van der Waals surface area contributed by atoms with Crippen molar-refractivity contribution in [1.82, 2.24) is 14.3 Å². The molecule has 0 spiro atoms. The van der Waals surface area contributed by atoms with Crippen LogP contribution in [0.15, 0.2) is 48.7 Å². The molecule has 0 aliphatic heterocycles. The number of aryl methyl sites for hydroxylation is 1. The Morgan fingerprint density at radius 2 is 2.00 bits per heavy atom. The van der Waals surface area contributed by atoms with E-state index in [1.54, 1.807) is 12.1 Å². The Bertz CT molecular complexity index is 809. The van der Waals surface area contributed by atoms with Crippen LogP contribution in [0.5, 0.6) is 0 Å². The first-order valence-corrected chi connectivity index (χ1v) is 7.91. The average molecular weight is 311 g/mol. The minimum absolute atomic E-state index is 0.173. The van der Waals surface area contributed by atoms with Crippen LogP contribution in [0.25, 0.3) is 5.65 Å². The van der Waals surface area contributed by atoms with Crippen LogP contribution in [0.1, 0.15) is 23.9 Å². The van der Waals surface area contributed by atoms with Gasteiger partial charge in [0.15, 0.2) is 0 Å². The van der Waals surface area contributed by atoms with Crippen molar-refractivity contribution < 1.29 is 4.39 Å². The first-order chi connectivity index (χ1) is 11.0. The van der Waals surface area contributed by atoms with E-state index in [9.17, 15) is 4.39 Å². The SMILES string of the molecule is Cc1cccc2nc(CN(C)C(C)Cc3cccc(F)c3)cn12. The van der Waals surface area contributed by atoms with Gasteiger partial charge < -0.3 is 4.40 Å². The van der Waals surface area contributed by atoms with Gasteiger partial charge in [0, 0.05) is 24.5 Å². The monoisotopic (exact) mass is 311 g/mol. The maximum Gasteiger partial charge on any atom is 0.137 e. The molecule has 4 heteroatoms. The summed E-state index contributed by atoms with van der Waals surface area (Å²) in [5.41, 5.74) is 4.23. The number of halogens is 1. The van der Waals surface area contributed by atoms with E-state index in [0.717, 1.165) is 29.9 Å². The Hall–Kier alpha value is -2.20. The standard InChI is InChI=1S/C19H22FN3/c1-14-6-4-9-19-21-18(13-23(14)19)12-22(3)15(2)10-16-7-5-8-17(20)11-16/h4-9,11,13,15H,10,12H2,1-3H3. The lowest BCUT2D eigenvalue weighted by Crippen LogP contribution is -2.30. The number of likely N-dealkylation sites (N-methyl/N-ethyl adjacent to an activating group) is 1. The van der Waals surface area contributed by atoms with Crippen LogP contribution in [0.2, 0.25) is 0 Å². The second kappa shape index (κ2) is 6.50. The number of hydrogen-bond donors (Lipinski definition) is 0. The molecule has 0 amide bonds. The summed E-state index contributed by atoms with van der Waals surface area (Å²) >= 11 is 0. The molecule has 3 nitrogen and oxygen atoms in total. The quantitative estimate of drug-likeness (QED) is 0.713. The van der Waals surface area contributed by atoms with Gasteiger partial charge in [-0.15, -0.1) is 0 Å². The van der Waals surface area contributed by atoms with Gasteiger partial charge in [-0.3, -0.25) is 4.90 Å². The summed E-state index contributed by atoms with van der Waals surface area (Å²) in [4.78, 5) is 6.93. The molecule has 120 valence electrons. The predicted molar refractivity (Wildman–Crippen MR) is 91.0 cm³/mol. The lowest BCUT2D eigenvalue weighted by molar-refractivity contribution is 0.245. The molecule has 0 aliphatic carbocycles. The van der Waals surface area contributed by atoms with E-state index in [1.165, 1.54) is 11.8 Å². The van der Waals surface area contributed by atoms with E-state index in [1.807, 2.05) is 18.2 Å². The molecular formula is C19H22FN3. The molecule has 0 bridgehead atoms. The Balaban J connectivity index is 1.69. The fourth-order valence-corrected chi connectivity index (χ4v) is 2.85. The van der Waals surface area contributed by atoms with Gasteiger partial charge in [0.1, 0.15) is 11.5 Å². The molecule has 23 heavy (non-hydrogen) atoms. The molecule has 2 aromatic heterocycles. The number of fused-ring (bicyclic) bond motifs is 1. The van der Waals surface area contributed by atoms with Crippen LogP contribution in [-0.4, -0.2) is 27.4 Å². The number of hydrogen-bond acceptors (Lipinski definition) is 2. The summed E-state index contributed by atoms with van der Waals surface area (Å²) in [6, 6.07) is 13.3. The Morgan fingerprint density at radius 1 is 1.22 bits per heavy atom. The van der Waals surface area contributed by atoms with Crippen molar-refractivity contribution >= 4 is 5.65 Å². The minimum atomic E-state index is -0.173. The van der Waals surface area contributed by atoms with Crippen molar-refractivity contribution in [3.05, 3.63) is 71.4 Å². The molecule has 0 saturated heterocycles. The molecule has 3 aromatic rings. The van der Waals surface area contributed by atoms with Crippen molar-refractivity contribution in [2.45, 2.75) is 32.9 Å². The van der Waals surface area contributed by atoms with Gasteiger partial charge in [-0.2, -0.15) is 0 Å². The van der Waals surface area contributed by atoms with Gasteiger partial charge in [0.05, 0.1) is 5.69 Å². The molecule has 3 rings (SSSR count). The van der Waals surface area contributed by atoms with Crippen LogP contribution in [0.3, 0.4) is 0 Å². The Labute approximate surface area is 136 Å². The predicted octanol–water partition coefficient (Wildman–Crippen LogP) is 3.84. The fourth-order valence-electron chi connectivity index (χ4n) is 2.85. The smallest absolute Gasteiger partial charge is 0.137 e. The van der Waals surface area contributed by atoms with E-state index in [-0.39, 0.29) is 5.82 Å². The normalized spacial score (nSPS) is 12.9. The zero-order valence-electron chi connectivity index (χ0n) is 13.8. The van der Waals surface area contributed by atoms with E-state index >= 15 is 0 Å². The highest BCUT2D eigenvalue weighted by Gasteiger charge is 2.13. The number of aromatic nitrogens is 2. The van der Waals surface area contributed by atoms with Gasteiger partial charge in [0.2, 0.25) is 0 Å². The van der Waals surface area contributed by atoms with E-state index in [4.69, 9.17) is 0 Å². The molecule has 0 saturated carbocycles. The number of imidazole rings is 1. The fraction of sp³-hybridized carbons (Fsp3) is 0.316. The summed E-state index contributed by atoms with van der Waals surface area (Å²) in [6.45, 7) is 5.01. The Morgan fingerprint density at radius 3 is 2.74 bits per heavy atom. The van der Waals surface area contributed by atoms with Crippen molar-refractivity contribution in [3.8, 4) is 0 Å². The molecule has 0 N–H and O–H groups in total. The lowest BCUT2D eigenvalue weighted by Gasteiger charge is -2.24. The maximum atomic E-state index is 13.3. The number of nitrogens with zero attached hydrogens (tertiary/aromatic N) is 3. The molecule has 0 aliphatic rings. The summed E-state index contributed by atoms with van der Waals surface area (Å²) in [7, 11) is 2.08. The van der Waals surface area contributed by atoms with Crippen LogP contribution < -0.4 is 0 Å². The number of pyridine rings is 1. The summed E-state index contributed by atoms with van der Waals surface area (Å²) < 4.78 is 15.4. The summed E-state index contributed by atoms with van der Waals surface area (Å²) in [6.07, 6.45) is 2.91. The molecule has 1 aromatic carbocycles. The van der Waals surface area contributed by atoms with Gasteiger partial charge in [-0.25, -0.2) is 9.37 Å². The lowest BCUT2D eigenvalue weighted by atomic mass is 10.1. The van der Waals surface area contributed by atoms with Crippen LogP contribution in [0.4, 0.5) is 4.39 Å². The third-order valence-electron chi connectivity index (χ3n) is 4.33.